The van der Waals surface area contributed by atoms with Crippen molar-refractivity contribution >= 4 is 17.5 Å². The van der Waals surface area contributed by atoms with Gasteiger partial charge in [-0.15, -0.1) is 0 Å². The molecule has 1 N–H and O–H groups in total. The summed E-state index contributed by atoms with van der Waals surface area (Å²) in [4.78, 5) is 11.7. The maximum absolute atomic E-state index is 11.7. The van der Waals surface area contributed by atoms with Gasteiger partial charge in [-0.1, -0.05) is 11.6 Å². The number of nitriles is 1. The lowest BCUT2D eigenvalue weighted by Crippen LogP contribution is -2.37. The zero-order valence-corrected chi connectivity index (χ0v) is 11.5. The topological polar surface area (TPSA) is 71.3 Å². The third kappa shape index (κ3) is 4.78. The Kier molecular flexibility index (Phi) is 6.13. The van der Waals surface area contributed by atoms with Crippen molar-refractivity contribution in [3.05, 3.63) is 28.8 Å². The Morgan fingerprint density at radius 1 is 1.58 bits per heavy atom. The van der Waals surface area contributed by atoms with E-state index in [2.05, 4.69) is 5.32 Å². The predicted molar refractivity (Wildman–Crippen MR) is 71.1 cm³/mol. The van der Waals surface area contributed by atoms with Crippen LogP contribution in [0.15, 0.2) is 18.2 Å². The van der Waals surface area contributed by atoms with Gasteiger partial charge in [-0.25, -0.2) is 0 Å². The number of hydrogen-bond acceptors (Lipinski definition) is 4. The monoisotopic (exact) mass is 282 g/mol. The number of rotatable bonds is 6. The number of hydrogen-bond donors (Lipinski definition) is 1. The minimum atomic E-state index is -0.678. The number of ether oxygens (including phenoxy) is 2. The molecule has 0 bridgehead atoms. The molecule has 1 atom stereocenters. The van der Waals surface area contributed by atoms with Crippen molar-refractivity contribution in [1.82, 2.24) is 5.32 Å². The van der Waals surface area contributed by atoms with Gasteiger partial charge in [-0.3, -0.25) is 4.79 Å². The van der Waals surface area contributed by atoms with Gasteiger partial charge in [-0.2, -0.15) is 5.26 Å². The lowest BCUT2D eigenvalue weighted by atomic mass is 10.2. The molecule has 0 aromatic heterocycles. The van der Waals surface area contributed by atoms with Crippen molar-refractivity contribution in [3.63, 3.8) is 0 Å². The van der Waals surface area contributed by atoms with Gasteiger partial charge >= 0.3 is 0 Å². The first-order valence-electron chi connectivity index (χ1n) is 5.71. The summed E-state index contributed by atoms with van der Waals surface area (Å²) in [6.45, 7) is 2.48. The highest BCUT2D eigenvalue weighted by atomic mass is 35.5. The largest absolute Gasteiger partial charge is 0.479 e. The molecule has 0 saturated heterocycles. The third-order valence-corrected chi connectivity index (χ3v) is 2.63. The summed E-state index contributed by atoms with van der Waals surface area (Å²) < 4.78 is 10.3. The van der Waals surface area contributed by atoms with Crippen LogP contribution in [0.2, 0.25) is 5.02 Å². The quantitative estimate of drug-likeness (QED) is 0.807. The molecule has 0 fully saturated rings. The smallest absolute Gasteiger partial charge is 0.260 e. The van der Waals surface area contributed by atoms with Crippen LogP contribution in [-0.4, -0.2) is 32.3 Å². The summed E-state index contributed by atoms with van der Waals surface area (Å²) in [6, 6.07) is 6.61. The Labute approximate surface area is 117 Å². The van der Waals surface area contributed by atoms with E-state index in [0.717, 1.165) is 0 Å². The van der Waals surface area contributed by atoms with E-state index in [1.165, 1.54) is 6.07 Å². The molecule has 6 heteroatoms. The molecule has 0 aliphatic heterocycles. The molecule has 1 amide bonds. The van der Waals surface area contributed by atoms with Crippen molar-refractivity contribution in [2.75, 3.05) is 20.3 Å². The third-order valence-electron chi connectivity index (χ3n) is 2.34. The summed E-state index contributed by atoms with van der Waals surface area (Å²) in [5.41, 5.74) is 0.439. The zero-order valence-electron chi connectivity index (χ0n) is 10.8. The van der Waals surface area contributed by atoms with Crippen molar-refractivity contribution in [2.45, 2.75) is 13.0 Å². The molecular weight excluding hydrogens is 268 g/mol. The SMILES string of the molecule is COCCNC(=O)[C@H](C)Oc1ccc(C#N)cc1Cl. The molecule has 1 rings (SSSR count). The molecule has 0 radical (unpaired) electrons. The molecular formula is C13H15ClN2O3. The molecule has 0 heterocycles. The standard InChI is InChI=1S/C13H15ClN2O3/c1-9(13(17)16-5-6-18-2)19-12-4-3-10(8-15)7-11(12)14/h3-4,7,9H,5-6H2,1-2H3,(H,16,17)/t9-/m0/s1. The van der Waals surface area contributed by atoms with Crippen molar-refractivity contribution in [3.8, 4) is 11.8 Å². The summed E-state index contributed by atoms with van der Waals surface area (Å²) in [6.07, 6.45) is -0.678. The van der Waals surface area contributed by atoms with E-state index in [1.54, 1.807) is 26.2 Å². The summed E-state index contributed by atoms with van der Waals surface area (Å²) in [7, 11) is 1.56. The van der Waals surface area contributed by atoms with E-state index in [4.69, 9.17) is 26.3 Å². The maximum atomic E-state index is 11.7. The normalized spacial score (nSPS) is 11.5. The summed E-state index contributed by atoms with van der Waals surface area (Å²) >= 11 is 5.96. The molecule has 19 heavy (non-hydrogen) atoms. The predicted octanol–water partition coefficient (Wildman–Crippen LogP) is 1.74. The number of carbonyl (C=O) groups is 1. The van der Waals surface area contributed by atoms with Crippen LogP contribution in [0.4, 0.5) is 0 Å². The molecule has 1 aromatic rings. The van der Waals surface area contributed by atoms with Gasteiger partial charge in [0.2, 0.25) is 0 Å². The fourth-order valence-electron chi connectivity index (χ4n) is 1.33. The molecule has 0 saturated carbocycles. The second kappa shape index (κ2) is 7.62. The zero-order chi connectivity index (χ0) is 14.3. The summed E-state index contributed by atoms with van der Waals surface area (Å²) in [5.74, 6) is 0.118. The van der Waals surface area contributed by atoms with E-state index >= 15 is 0 Å². The molecule has 0 aliphatic carbocycles. The van der Waals surface area contributed by atoms with Gasteiger partial charge in [0.1, 0.15) is 5.75 Å². The van der Waals surface area contributed by atoms with Gasteiger partial charge in [0.25, 0.3) is 5.91 Å². The Bertz CT molecular complexity index is 485. The molecule has 0 unspecified atom stereocenters. The van der Waals surface area contributed by atoms with Crippen molar-refractivity contribution in [2.24, 2.45) is 0 Å². The molecule has 102 valence electrons. The molecule has 0 aliphatic rings. The maximum Gasteiger partial charge on any atom is 0.260 e. The number of carbonyl (C=O) groups excluding carboxylic acids is 1. The van der Waals surface area contributed by atoms with E-state index in [-0.39, 0.29) is 5.91 Å². The first-order valence-corrected chi connectivity index (χ1v) is 6.09. The lowest BCUT2D eigenvalue weighted by molar-refractivity contribution is -0.127. The Morgan fingerprint density at radius 3 is 2.89 bits per heavy atom. The van der Waals surface area contributed by atoms with Crippen LogP contribution in [0.1, 0.15) is 12.5 Å². The van der Waals surface area contributed by atoms with Gasteiger partial charge in [0, 0.05) is 13.7 Å². The van der Waals surface area contributed by atoms with Crippen molar-refractivity contribution < 1.29 is 14.3 Å². The highest BCUT2D eigenvalue weighted by Gasteiger charge is 2.15. The molecule has 5 nitrogen and oxygen atoms in total. The fraction of sp³-hybridized carbons (Fsp3) is 0.385. The average Bonchev–Trinajstić information content (AvgIpc) is 2.41. The van der Waals surface area contributed by atoms with Crippen LogP contribution >= 0.6 is 11.6 Å². The Hall–Kier alpha value is -1.77. The van der Waals surface area contributed by atoms with Crippen LogP contribution in [0.25, 0.3) is 0 Å². The van der Waals surface area contributed by atoms with Crippen LogP contribution in [0, 0.1) is 11.3 Å². The number of methoxy groups -OCH3 is 1. The van der Waals surface area contributed by atoms with E-state index in [1.807, 2.05) is 6.07 Å². The fourth-order valence-corrected chi connectivity index (χ4v) is 1.56. The van der Waals surface area contributed by atoms with E-state index in [0.29, 0.717) is 29.5 Å². The van der Waals surface area contributed by atoms with Crippen LogP contribution in [0.5, 0.6) is 5.75 Å². The second-order valence-electron chi connectivity index (χ2n) is 3.80. The first kappa shape index (κ1) is 15.3. The van der Waals surface area contributed by atoms with Gasteiger partial charge in [-0.05, 0) is 25.1 Å². The first-order chi connectivity index (χ1) is 9.08. The van der Waals surface area contributed by atoms with Crippen LogP contribution in [0.3, 0.4) is 0 Å². The number of nitrogens with one attached hydrogen (secondary N) is 1. The van der Waals surface area contributed by atoms with Gasteiger partial charge in [0.15, 0.2) is 6.10 Å². The Morgan fingerprint density at radius 2 is 2.32 bits per heavy atom. The average molecular weight is 283 g/mol. The van der Waals surface area contributed by atoms with Crippen molar-refractivity contribution in [1.29, 1.82) is 5.26 Å². The number of benzene rings is 1. The minimum absolute atomic E-state index is 0.252. The highest BCUT2D eigenvalue weighted by molar-refractivity contribution is 6.32. The number of amides is 1. The molecule has 1 aromatic carbocycles. The van der Waals surface area contributed by atoms with Gasteiger partial charge in [0.05, 0.1) is 23.3 Å². The molecule has 0 spiro atoms. The van der Waals surface area contributed by atoms with Crippen LogP contribution in [-0.2, 0) is 9.53 Å². The Balaban J connectivity index is 2.59. The number of nitrogens with zero attached hydrogens (tertiary/aromatic N) is 1. The van der Waals surface area contributed by atoms with E-state index in [9.17, 15) is 4.79 Å². The highest BCUT2D eigenvalue weighted by Crippen LogP contribution is 2.26. The van der Waals surface area contributed by atoms with E-state index < -0.39 is 6.10 Å². The summed E-state index contributed by atoms with van der Waals surface area (Å²) in [5, 5.41) is 11.7. The second-order valence-corrected chi connectivity index (χ2v) is 4.21. The number of halogens is 1. The van der Waals surface area contributed by atoms with Gasteiger partial charge < -0.3 is 14.8 Å². The minimum Gasteiger partial charge on any atom is -0.479 e. The lowest BCUT2D eigenvalue weighted by Gasteiger charge is -2.15. The van der Waals surface area contributed by atoms with Crippen LogP contribution < -0.4 is 10.1 Å².